The molecule has 4 nitrogen and oxygen atoms in total. The van der Waals surface area contributed by atoms with Gasteiger partial charge in [0.05, 0.1) is 0 Å². The predicted molar refractivity (Wildman–Crippen MR) is 81.9 cm³/mol. The summed E-state index contributed by atoms with van der Waals surface area (Å²) < 4.78 is 0. The van der Waals surface area contributed by atoms with Crippen LogP contribution in [0.4, 0.5) is 0 Å². The molecule has 0 saturated heterocycles. The Hall–Kier alpha value is -2.62. The second-order valence-corrected chi connectivity index (χ2v) is 4.78. The first-order valence-corrected chi connectivity index (χ1v) is 6.67. The zero-order chi connectivity index (χ0) is 15.2. The van der Waals surface area contributed by atoms with Gasteiger partial charge < -0.3 is 10.2 Å². The van der Waals surface area contributed by atoms with Gasteiger partial charge in [0.2, 0.25) is 0 Å². The first kappa shape index (κ1) is 14.8. The molecule has 0 aliphatic rings. The monoisotopic (exact) mass is 283 g/mol. The number of para-hydroxylation sites is 1. The molecule has 0 bridgehead atoms. The Morgan fingerprint density at radius 1 is 1.10 bits per heavy atom. The molecule has 0 aromatic heterocycles. The number of carbonyl (C=O) groups is 1. The van der Waals surface area contributed by atoms with Crippen molar-refractivity contribution in [1.29, 1.82) is 0 Å². The van der Waals surface area contributed by atoms with Crippen LogP contribution >= 0.6 is 0 Å². The molecule has 0 heterocycles. The van der Waals surface area contributed by atoms with E-state index in [9.17, 15) is 15.0 Å². The van der Waals surface area contributed by atoms with E-state index in [0.29, 0.717) is 17.7 Å². The van der Waals surface area contributed by atoms with Gasteiger partial charge in [-0.3, -0.25) is 4.99 Å². The fraction of sp³-hybridized carbons (Fsp3) is 0.176. The summed E-state index contributed by atoms with van der Waals surface area (Å²) in [4.78, 5) is 15.6. The number of benzene rings is 2. The van der Waals surface area contributed by atoms with Gasteiger partial charge >= 0.3 is 5.97 Å². The van der Waals surface area contributed by atoms with Crippen molar-refractivity contribution >= 4 is 11.7 Å². The molecule has 0 aliphatic heterocycles. The third-order valence-corrected chi connectivity index (χ3v) is 3.20. The third kappa shape index (κ3) is 3.92. The number of rotatable bonds is 5. The van der Waals surface area contributed by atoms with Crippen LogP contribution in [0.25, 0.3) is 0 Å². The van der Waals surface area contributed by atoms with Crippen molar-refractivity contribution in [1.82, 2.24) is 0 Å². The SMILES string of the molecule is CC(=NC(Cc1ccccc1)C(=O)O)c1ccccc1O. The number of phenolic OH excluding ortho intramolecular Hbond substituents is 1. The van der Waals surface area contributed by atoms with E-state index in [1.165, 1.54) is 0 Å². The van der Waals surface area contributed by atoms with Crippen LogP contribution < -0.4 is 0 Å². The maximum Gasteiger partial charge on any atom is 0.328 e. The normalized spacial score (nSPS) is 12.9. The molecule has 0 aliphatic carbocycles. The molecule has 2 rings (SSSR count). The minimum Gasteiger partial charge on any atom is -0.507 e. The van der Waals surface area contributed by atoms with Gasteiger partial charge in [-0.1, -0.05) is 42.5 Å². The molecule has 108 valence electrons. The van der Waals surface area contributed by atoms with Gasteiger partial charge in [0.25, 0.3) is 0 Å². The lowest BCUT2D eigenvalue weighted by Crippen LogP contribution is -2.22. The summed E-state index contributed by atoms with van der Waals surface area (Å²) in [6, 6.07) is 15.3. The number of hydrogen-bond acceptors (Lipinski definition) is 3. The van der Waals surface area contributed by atoms with Crippen LogP contribution in [0.3, 0.4) is 0 Å². The number of nitrogens with zero attached hydrogens (tertiary/aromatic N) is 1. The number of aliphatic carboxylic acids is 1. The van der Waals surface area contributed by atoms with Crippen molar-refractivity contribution in [2.75, 3.05) is 0 Å². The van der Waals surface area contributed by atoms with E-state index in [1.54, 1.807) is 31.2 Å². The zero-order valence-electron chi connectivity index (χ0n) is 11.7. The number of carboxylic acid groups (broad SMARTS) is 1. The van der Waals surface area contributed by atoms with E-state index in [0.717, 1.165) is 5.56 Å². The average Bonchev–Trinajstić information content (AvgIpc) is 2.48. The number of hydrogen-bond donors (Lipinski definition) is 2. The molecule has 0 fully saturated rings. The molecule has 0 saturated carbocycles. The van der Waals surface area contributed by atoms with E-state index >= 15 is 0 Å². The average molecular weight is 283 g/mol. The highest BCUT2D eigenvalue weighted by Crippen LogP contribution is 2.17. The highest BCUT2D eigenvalue weighted by Gasteiger charge is 2.17. The van der Waals surface area contributed by atoms with Gasteiger partial charge in [0, 0.05) is 17.7 Å². The molecule has 2 aromatic carbocycles. The van der Waals surface area contributed by atoms with Crippen LogP contribution in [0, 0.1) is 0 Å². The fourth-order valence-electron chi connectivity index (χ4n) is 2.11. The van der Waals surface area contributed by atoms with Crippen LogP contribution in [-0.2, 0) is 11.2 Å². The molecule has 1 unspecified atom stereocenters. The van der Waals surface area contributed by atoms with Gasteiger partial charge in [-0.05, 0) is 24.6 Å². The largest absolute Gasteiger partial charge is 0.507 e. The van der Waals surface area contributed by atoms with E-state index in [-0.39, 0.29) is 5.75 Å². The molecule has 0 radical (unpaired) electrons. The maximum absolute atomic E-state index is 11.4. The zero-order valence-corrected chi connectivity index (χ0v) is 11.7. The second-order valence-electron chi connectivity index (χ2n) is 4.78. The van der Waals surface area contributed by atoms with Gasteiger partial charge in [-0.15, -0.1) is 0 Å². The van der Waals surface area contributed by atoms with E-state index in [2.05, 4.69) is 4.99 Å². The summed E-state index contributed by atoms with van der Waals surface area (Å²) in [5.74, 6) is -0.878. The third-order valence-electron chi connectivity index (χ3n) is 3.20. The van der Waals surface area contributed by atoms with E-state index in [4.69, 9.17) is 0 Å². The number of aliphatic imine (C=N–C) groups is 1. The molecule has 21 heavy (non-hydrogen) atoms. The highest BCUT2D eigenvalue weighted by atomic mass is 16.4. The van der Waals surface area contributed by atoms with Crippen LogP contribution in [0.15, 0.2) is 59.6 Å². The standard InChI is InChI=1S/C17H17NO3/c1-12(14-9-5-6-10-16(14)19)18-15(17(20)21)11-13-7-3-2-4-8-13/h2-10,15,19H,11H2,1H3,(H,20,21). The number of phenols is 1. The number of carboxylic acids is 1. The van der Waals surface area contributed by atoms with Gasteiger partial charge in [-0.25, -0.2) is 4.79 Å². The van der Waals surface area contributed by atoms with Crippen molar-refractivity contribution in [3.63, 3.8) is 0 Å². The van der Waals surface area contributed by atoms with Crippen LogP contribution in [0.2, 0.25) is 0 Å². The molecule has 1 atom stereocenters. The Balaban J connectivity index is 2.25. The van der Waals surface area contributed by atoms with Crippen molar-refractivity contribution in [2.45, 2.75) is 19.4 Å². The van der Waals surface area contributed by atoms with Crippen molar-refractivity contribution in [3.05, 3.63) is 65.7 Å². The fourth-order valence-corrected chi connectivity index (χ4v) is 2.11. The first-order valence-electron chi connectivity index (χ1n) is 6.67. The summed E-state index contributed by atoms with van der Waals surface area (Å²) in [5, 5.41) is 19.1. The molecular weight excluding hydrogens is 266 g/mol. The Labute approximate surface area is 123 Å². The smallest absolute Gasteiger partial charge is 0.328 e. The summed E-state index contributed by atoms with van der Waals surface area (Å²) in [5.41, 5.74) is 1.98. The molecule has 2 N–H and O–H groups in total. The van der Waals surface area contributed by atoms with Gasteiger partial charge in [-0.2, -0.15) is 0 Å². The summed E-state index contributed by atoms with van der Waals surface area (Å²) in [6.45, 7) is 1.70. The van der Waals surface area contributed by atoms with Gasteiger partial charge in [0.1, 0.15) is 5.75 Å². The second kappa shape index (κ2) is 6.70. The van der Waals surface area contributed by atoms with Gasteiger partial charge in [0.15, 0.2) is 6.04 Å². The lowest BCUT2D eigenvalue weighted by atomic mass is 10.1. The Kier molecular flexibility index (Phi) is 4.72. The Morgan fingerprint density at radius 3 is 2.33 bits per heavy atom. The predicted octanol–water partition coefficient (Wildman–Crippen LogP) is 2.90. The minimum absolute atomic E-state index is 0.0996. The lowest BCUT2D eigenvalue weighted by Gasteiger charge is -2.10. The first-order chi connectivity index (χ1) is 10.1. The van der Waals surface area contributed by atoms with Crippen molar-refractivity contribution in [3.8, 4) is 5.75 Å². The van der Waals surface area contributed by atoms with Crippen LogP contribution in [-0.4, -0.2) is 27.9 Å². The highest BCUT2D eigenvalue weighted by molar-refractivity contribution is 6.02. The van der Waals surface area contributed by atoms with Crippen LogP contribution in [0.1, 0.15) is 18.1 Å². The quantitative estimate of drug-likeness (QED) is 0.829. The van der Waals surface area contributed by atoms with E-state index < -0.39 is 12.0 Å². The topological polar surface area (TPSA) is 69.9 Å². The Morgan fingerprint density at radius 2 is 1.71 bits per heavy atom. The summed E-state index contributed by atoms with van der Waals surface area (Å²) in [6.07, 6.45) is 0.321. The van der Waals surface area contributed by atoms with Crippen LogP contribution in [0.5, 0.6) is 5.75 Å². The molecular formula is C17H17NO3. The minimum atomic E-state index is -0.978. The number of aromatic hydroxyl groups is 1. The summed E-state index contributed by atoms with van der Waals surface area (Å²) in [7, 11) is 0. The van der Waals surface area contributed by atoms with Crippen molar-refractivity contribution in [2.24, 2.45) is 4.99 Å². The van der Waals surface area contributed by atoms with E-state index in [1.807, 2.05) is 30.3 Å². The Bertz CT molecular complexity index is 650. The lowest BCUT2D eigenvalue weighted by molar-refractivity contribution is -0.138. The molecule has 0 amide bonds. The molecule has 0 spiro atoms. The summed E-state index contributed by atoms with van der Waals surface area (Å²) >= 11 is 0. The molecule has 4 heteroatoms. The van der Waals surface area contributed by atoms with Crippen molar-refractivity contribution < 1.29 is 15.0 Å². The molecule has 2 aromatic rings. The maximum atomic E-state index is 11.4.